The SMILES string of the molecule is C[C@@H](c1ccc(-n2cncn2)cc1)N(C)Cc1cc(F)cc2cccnc12. The average Bonchev–Trinajstić information content (AvgIpc) is 3.22. The number of aromatic nitrogens is 4. The Morgan fingerprint density at radius 2 is 1.96 bits per heavy atom. The standard InChI is InChI=1S/C21H20FN5/c1-15(16-5-7-20(8-6-16)27-14-23-13-25-27)26(2)12-18-11-19(22)10-17-4-3-9-24-21(17)18/h3-11,13-15H,12H2,1-2H3/t15-/m0/s1. The molecule has 0 aliphatic heterocycles. The first kappa shape index (κ1) is 17.3. The van der Waals surface area contributed by atoms with E-state index in [1.165, 1.54) is 18.0 Å². The summed E-state index contributed by atoms with van der Waals surface area (Å²) in [5, 5.41) is 4.97. The molecule has 0 spiro atoms. The van der Waals surface area contributed by atoms with Gasteiger partial charge in [-0.3, -0.25) is 9.88 Å². The molecule has 4 rings (SSSR count). The summed E-state index contributed by atoms with van der Waals surface area (Å²) in [5.74, 6) is -0.233. The maximum absolute atomic E-state index is 14.0. The van der Waals surface area contributed by atoms with Crippen molar-refractivity contribution in [2.75, 3.05) is 7.05 Å². The Labute approximate surface area is 157 Å². The molecule has 0 aliphatic carbocycles. The minimum Gasteiger partial charge on any atom is -0.295 e. The van der Waals surface area contributed by atoms with Crippen LogP contribution in [-0.2, 0) is 6.54 Å². The normalized spacial score (nSPS) is 12.6. The van der Waals surface area contributed by atoms with Gasteiger partial charge in [0.15, 0.2) is 0 Å². The Hall–Kier alpha value is -3.12. The second-order valence-electron chi connectivity index (χ2n) is 6.66. The molecule has 0 bridgehead atoms. The van der Waals surface area contributed by atoms with Gasteiger partial charge in [-0.25, -0.2) is 14.1 Å². The summed E-state index contributed by atoms with van der Waals surface area (Å²) in [6.45, 7) is 2.75. The molecule has 0 unspecified atom stereocenters. The topological polar surface area (TPSA) is 46.8 Å². The molecule has 0 saturated carbocycles. The van der Waals surface area contributed by atoms with Crippen molar-refractivity contribution < 1.29 is 4.39 Å². The van der Waals surface area contributed by atoms with Gasteiger partial charge in [0.05, 0.1) is 11.2 Å². The maximum atomic E-state index is 14.0. The van der Waals surface area contributed by atoms with E-state index in [2.05, 4.69) is 39.0 Å². The second kappa shape index (κ2) is 7.25. The molecule has 0 N–H and O–H groups in total. The molecule has 27 heavy (non-hydrogen) atoms. The highest BCUT2D eigenvalue weighted by Gasteiger charge is 2.15. The Bertz CT molecular complexity index is 1040. The Balaban J connectivity index is 1.55. The van der Waals surface area contributed by atoms with Gasteiger partial charge in [-0.1, -0.05) is 18.2 Å². The van der Waals surface area contributed by atoms with Crippen LogP contribution >= 0.6 is 0 Å². The lowest BCUT2D eigenvalue weighted by Crippen LogP contribution is -2.22. The fraction of sp³-hybridized carbons (Fsp3) is 0.190. The Morgan fingerprint density at radius 3 is 2.70 bits per heavy atom. The van der Waals surface area contributed by atoms with Gasteiger partial charge < -0.3 is 0 Å². The van der Waals surface area contributed by atoms with Gasteiger partial charge in [-0.15, -0.1) is 0 Å². The van der Waals surface area contributed by atoms with E-state index in [9.17, 15) is 4.39 Å². The monoisotopic (exact) mass is 361 g/mol. The number of hydrogen-bond donors (Lipinski definition) is 0. The number of benzene rings is 2. The van der Waals surface area contributed by atoms with Crippen molar-refractivity contribution >= 4 is 10.9 Å². The summed E-state index contributed by atoms with van der Waals surface area (Å²) in [5.41, 5.74) is 3.88. The molecule has 2 aromatic heterocycles. The summed E-state index contributed by atoms with van der Waals surface area (Å²) >= 11 is 0. The summed E-state index contributed by atoms with van der Waals surface area (Å²) in [6, 6.07) is 15.2. The lowest BCUT2D eigenvalue weighted by atomic mass is 10.0. The molecule has 0 saturated heterocycles. The smallest absolute Gasteiger partial charge is 0.138 e. The third kappa shape index (κ3) is 3.57. The summed E-state index contributed by atoms with van der Waals surface area (Å²) in [7, 11) is 2.04. The van der Waals surface area contributed by atoms with Gasteiger partial charge in [0.25, 0.3) is 0 Å². The van der Waals surface area contributed by atoms with E-state index in [0.717, 1.165) is 22.2 Å². The van der Waals surface area contributed by atoms with Crippen molar-refractivity contribution in [1.82, 2.24) is 24.6 Å². The van der Waals surface area contributed by atoms with E-state index < -0.39 is 0 Å². The number of hydrogen-bond acceptors (Lipinski definition) is 4. The molecule has 1 atom stereocenters. The molecule has 136 valence electrons. The lowest BCUT2D eigenvalue weighted by molar-refractivity contribution is 0.253. The lowest BCUT2D eigenvalue weighted by Gasteiger charge is -2.25. The largest absolute Gasteiger partial charge is 0.295 e. The number of rotatable bonds is 5. The van der Waals surface area contributed by atoms with Crippen LogP contribution in [0.1, 0.15) is 24.1 Å². The molecule has 0 radical (unpaired) electrons. The fourth-order valence-corrected chi connectivity index (χ4v) is 3.26. The van der Waals surface area contributed by atoms with Crippen LogP contribution in [0, 0.1) is 5.82 Å². The van der Waals surface area contributed by atoms with Gasteiger partial charge in [-0.05, 0) is 55.4 Å². The van der Waals surface area contributed by atoms with Gasteiger partial charge >= 0.3 is 0 Å². The number of nitrogens with zero attached hydrogens (tertiary/aromatic N) is 5. The van der Waals surface area contributed by atoms with Crippen LogP contribution in [0.15, 0.2) is 67.4 Å². The minimum atomic E-state index is -0.233. The van der Waals surface area contributed by atoms with Crippen LogP contribution in [0.5, 0.6) is 0 Å². The maximum Gasteiger partial charge on any atom is 0.138 e. The van der Waals surface area contributed by atoms with Crippen molar-refractivity contribution in [3.8, 4) is 5.69 Å². The Kier molecular flexibility index (Phi) is 4.64. The molecule has 4 aromatic rings. The minimum absolute atomic E-state index is 0.164. The van der Waals surface area contributed by atoms with Gasteiger partial charge in [0, 0.05) is 24.2 Å². The molecule has 0 fully saturated rings. The van der Waals surface area contributed by atoms with Gasteiger partial charge in [-0.2, -0.15) is 5.10 Å². The highest BCUT2D eigenvalue weighted by molar-refractivity contribution is 5.81. The van der Waals surface area contributed by atoms with Crippen molar-refractivity contribution in [3.63, 3.8) is 0 Å². The first-order valence-corrected chi connectivity index (χ1v) is 8.80. The first-order chi connectivity index (χ1) is 13.1. The molecule has 5 nitrogen and oxygen atoms in total. The summed E-state index contributed by atoms with van der Waals surface area (Å²) in [6.07, 6.45) is 4.93. The molecule has 0 amide bonds. The van der Waals surface area contributed by atoms with Crippen molar-refractivity contribution in [3.05, 3.63) is 84.3 Å². The molecule has 2 heterocycles. The van der Waals surface area contributed by atoms with Gasteiger partial charge in [0.2, 0.25) is 0 Å². The average molecular weight is 361 g/mol. The number of fused-ring (bicyclic) bond motifs is 1. The summed E-state index contributed by atoms with van der Waals surface area (Å²) < 4.78 is 15.7. The highest BCUT2D eigenvalue weighted by Crippen LogP contribution is 2.25. The van der Waals surface area contributed by atoms with Crippen LogP contribution < -0.4 is 0 Å². The number of pyridine rings is 1. The van der Waals surface area contributed by atoms with E-state index >= 15 is 0 Å². The predicted molar refractivity (Wildman–Crippen MR) is 103 cm³/mol. The van der Waals surface area contributed by atoms with Crippen LogP contribution in [0.4, 0.5) is 4.39 Å². The van der Waals surface area contributed by atoms with Crippen molar-refractivity contribution in [1.29, 1.82) is 0 Å². The van der Waals surface area contributed by atoms with Crippen molar-refractivity contribution in [2.24, 2.45) is 0 Å². The zero-order chi connectivity index (χ0) is 18.8. The third-order valence-corrected chi connectivity index (χ3v) is 4.89. The zero-order valence-electron chi connectivity index (χ0n) is 15.2. The van der Waals surface area contributed by atoms with Crippen LogP contribution in [0.25, 0.3) is 16.6 Å². The molecule has 6 heteroatoms. The van der Waals surface area contributed by atoms with Crippen LogP contribution in [0.3, 0.4) is 0 Å². The Morgan fingerprint density at radius 1 is 1.15 bits per heavy atom. The van der Waals surface area contributed by atoms with Crippen molar-refractivity contribution in [2.45, 2.75) is 19.5 Å². The van der Waals surface area contributed by atoms with E-state index in [0.29, 0.717) is 6.54 Å². The zero-order valence-corrected chi connectivity index (χ0v) is 15.2. The third-order valence-electron chi connectivity index (χ3n) is 4.89. The highest BCUT2D eigenvalue weighted by atomic mass is 19.1. The van der Waals surface area contributed by atoms with Crippen LogP contribution in [0.2, 0.25) is 0 Å². The molecule has 0 aliphatic rings. The van der Waals surface area contributed by atoms with E-state index in [1.807, 2.05) is 31.3 Å². The van der Waals surface area contributed by atoms with E-state index in [4.69, 9.17) is 0 Å². The predicted octanol–water partition coefficient (Wildman–Crippen LogP) is 4.15. The summed E-state index contributed by atoms with van der Waals surface area (Å²) in [4.78, 5) is 10.6. The van der Waals surface area contributed by atoms with E-state index in [-0.39, 0.29) is 11.9 Å². The molecular formula is C21H20FN5. The molecular weight excluding hydrogens is 341 g/mol. The fourth-order valence-electron chi connectivity index (χ4n) is 3.26. The quantitative estimate of drug-likeness (QED) is 0.536. The van der Waals surface area contributed by atoms with E-state index in [1.54, 1.807) is 23.3 Å². The second-order valence-corrected chi connectivity index (χ2v) is 6.66. The van der Waals surface area contributed by atoms with Crippen LogP contribution in [-0.4, -0.2) is 31.7 Å². The van der Waals surface area contributed by atoms with Gasteiger partial charge in [0.1, 0.15) is 18.5 Å². The molecule has 2 aromatic carbocycles. The number of halogens is 1. The first-order valence-electron chi connectivity index (χ1n) is 8.80.